The molecule has 0 saturated heterocycles. The lowest BCUT2D eigenvalue weighted by atomic mass is 10.2. The summed E-state index contributed by atoms with van der Waals surface area (Å²) in [6.45, 7) is 4.00. The zero-order valence-corrected chi connectivity index (χ0v) is 11.4. The number of hydrogen-bond donors (Lipinski definition) is 0. The van der Waals surface area contributed by atoms with Gasteiger partial charge in [0, 0.05) is 12.1 Å². The van der Waals surface area contributed by atoms with Gasteiger partial charge >= 0.3 is 11.9 Å². The second-order valence-electron chi connectivity index (χ2n) is 3.04. The molecule has 0 heterocycles. The van der Waals surface area contributed by atoms with Gasteiger partial charge in [-0.25, -0.2) is 9.59 Å². The van der Waals surface area contributed by atoms with Crippen LogP contribution in [0.2, 0.25) is 0 Å². The van der Waals surface area contributed by atoms with Crippen molar-refractivity contribution in [2.24, 2.45) is 0 Å². The van der Waals surface area contributed by atoms with Crippen LogP contribution in [-0.4, -0.2) is 24.0 Å². The molecule has 0 spiro atoms. The molecule has 0 N–H and O–H groups in total. The quantitative estimate of drug-likeness (QED) is 0.276. The third kappa shape index (κ3) is 5.76. The van der Waals surface area contributed by atoms with Crippen LogP contribution in [-0.2, 0) is 14.3 Å². The molecule has 1 rings (SSSR count). The number of rotatable bonds is 4. The van der Waals surface area contributed by atoms with Crippen LogP contribution < -0.4 is 0 Å². The van der Waals surface area contributed by atoms with Gasteiger partial charge in [0.1, 0.15) is 6.26 Å². The molecule has 7 heteroatoms. The average molecular weight is 281 g/mol. The van der Waals surface area contributed by atoms with Gasteiger partial charge in [0.15, 0.2) is 0 Å². The second-order valence-corrected chi connectivity index (χ2v) is 3.04. The number of nitro benzene ring substituents is 1. The SMILES string of the molecule is CC.COC(=O)/C=C/OC(=O)c1ccc([N+](=O)[O-])cc1. The van der Waals surface area contributed by atoms with Crippen LogP contribution in [0, 0.1) is 10.1 Å². The summed E-state index contributed by atoms with van der Waals surface area (Å²) in [6, 6.07) is 4.88. The Balaban J connectivity index is 0.00000172. The summed E-state index contributed by atoms with van der Waals surface area (Å²) in [5.41, 5.74) is 0.00627. The van der Waals surface area contributed by atoms with E-state index in [1.807, 2.05) is 13.8 Å². The van der Waals surface area contributed by atoms with Crippen molar-refractivity contribution >= 4 is 17.6 Å². The molecular weight excluding hydrogens is 266 g/mol. The average Bonchev–Trinajstić information content (AvgIpc) is 2.49. The van der Waals surface area contributed by atoms with Gasteiger partial charge in [0.25, 0.3) is 5.69 Å². The summed E-state index contributed by atoms with van der Waals surface area (Å²) >= 11 is 0. The van der Waals surface area contributed by atoms with E-state index in [-0.39, 0.29) is 11.3 Å². The molecule has 0 unspecified atom stereocenters. The highest BCUT2D eigenvalue weighted by molar-refractivity contribution is 5.90. The molecule has 1 aromatic rings. The summed E-state index contributed by atoms with van der Waals surface area (Å²) < 4.78 is 8.90. The van der Waals surface area contributed by atoms with Crippen molar-refractivity contribution in [2.75, 3.05) is 7.11 Å². The van der Waals surface area contributed by atoms with Crippen molar-refractivity contribution < 1.29 is 24.0 Å². The molecule has 0 aromatic heterocycles. The smallest absolute Gasteiger partial charge is 0.342 e. The minimum absolute atomic E-state index is 0.128. The molecule has 1 aromatic carbocycles. The number of carbonyl (C=O) groups excluding carboxylic acids is 2. The number of ether oxygens (including phenoxy) is 2. The highest BCUT2D eigenvalue weighted by atomic mass is 16.6. The number of carbonyl (C=O) groups is 2. The Kier molecular flexibility index (Phi) is 8.01. The zero-order valence-electron chi connectivity index (χ0n) is 11.4. The molecule has 0 atom stereocenters. The van der Waals surface area contributed by atoms with Crippen LogP contribution in [0.3, 0.4) is 0 Å². The third-order valence-corrected chi connectivity index (χ3v) is 1.89. The first kappa shape index (κ1) is 17.3. The maximum absolute atomic E-state index is 11.4. The van der Waals surface area contributed by atoms with E-state index in [0.717, 1.165) is 12.3 Å². The predicted molar refractivity (Wildman–Crippen MR) is 71.0 cm³/mol. The first-order chi connectivity index (χ1) is 9.54. The molecule has 0 aliphatic carbocycles. The summed E-state index contributed by atoms with van der Waals surface area (Å²) in [7, 11) is 1.19. The Hall–Kier alpha value is -2.70. The number of nitro groups is 1. The van der Waals surface area contributed by atoms with E-state index in [1.54, 1.807) is 0 Å². The van der Waals surface area contributed by atoms with E-state index in [1.165, 1.54) is 31.4 Å². The molecule has 0 bridgehead atoms. The van der Waals surface area contributed by atoms with Gasteiger partial charge in [0.05, 0.1) is 23.7 Å². The van der Waals surface area contributed by atoms with Gasteiger partial charge in [-0.1, -0.05) is 13.8 Å². The van der Waals surface area contributed by atoms with E-state index in [9.17, 15) is 19.7 Å². The molecule has 0 aliphatic heterocycles. The minimum Gasteiger partial charge on any atom is -0.466 e. The summed E-state index contributed by atoms with van der Waals surface area (Å²) in [4.78, 5) is 31.9. The fourth-order valence-electron chi connectivity index (χ4n) is 1.01. The fourth-order valence-corrected chi connectivity index (χ4v) is 1.01. The first-order valence-electron chi connectivity index (χ1n) is 5.74. The van der Waals surface area contributed by atoms with Crippen molar-refractivity contribution in [3.05, 3.63) is 52.3 Å². The molecule has 0 saturated carbocycles. The Bertz CT molecular complexity index is 492. The van der Waals surface area contributed by atoms with Gasteiger partial charge < -0.3 is 9.47 Å². The molecular formula is C13H15NO6. The summed E-state index contributed by atoms with van der Waals surface area (Å²) in [5.74, 6) is -1.39. The van der Waals surface area contributed by atoms with E-state index < -0.39 is 16.9 Å². The van der Waals surface area contributed by atoms with Crippen molar-refractivity contribution in [3.8, 4) is 0 Å². The van der Waals surface area contributed by atoms with Crippen LogP contribution in [0.5, 0.6) is 0 Å². The molecule has 7 nitrogen and oxygen atoms in total. The van der Waals surface area contributed by atoms with E-state index in [2.05, 4.69) is 9.47 Å². The number of hydrogen-bond acceptors (Lipinski definition) is 6. The Morgan fingerprint density at radius 1 is 1.20 bits per heavy atom. The van der Waals surface area contributed by atoms with Crippen molar-refractivity contribution in [2.45, 2.75) is 13.8 Å². The van der Waals surface area contributed by atoms with Gasteiger partial charge in [0.2, 0.25) is 0 Å². The van der Waals surface area contributed by atoms with Crippen LogP contribution in [0.1, 0.15) is 24.2 Å². The van der Waals surface area contributed by atoms with Gasteiger partial charge in [-0.05, 0) is 12.1 Å². The number of non-ortho nitro benzene ring substituents is 1. The highest BCUT2D eigenvalue weighted by Gasteiger charge is 2.09. The number of esters is 2. The van der Waals surface area contributed by atoms with Crippen LogP contribution in [0.25, 0.3) is 0 Å². The molecule has 0 amide bonds. The monoisotopic (exact) mass is 281 g/mol. The summed E-state index contributed by atoms with van der Waals surface area (Å²) in [6.07, 6.45) is 1.82. The third-order valence-electron chi connectivity index (χ3n) is 1.89. The van der Waals surface area contributed by atoms with Crippen LogP contribution >= 0.6 is 0 Å². The normalized spacial score (nSPS) is 9.35. The van der Waals surface area contributed by atoms with Gasteiger partial charge in [-0.3, -0.25) is 10.1 Å². The molecule has 20 heavy (non-hydrogen) atoms. The maximum atomic E-state index is 11.4. The van der Waals surface area contributed by atoms with Crippen LogP contribution in [0.4, 0.5) is 5.69 Å². The first-order valence-corrected chi connectivity index (χ1v) is 5.74. The van der Waals surface area contributed by atoms with Crippen molar-refractivity contribution in [3.63, 3.8) is 0 Å². The topological polar surface area (TPSA) is 95.7 Å². The van der Waals surface area contributed by atoms with E-state index in [0.29, 0.717) is 0 Å². The number of nitrogens with zero attached hydrogens (tertiary/aromatic N) is 1. The number of methoxy groups -OCH3 is 1. The predicted octanol–water partition coefficient (Wildman–Crippen LogP) is 2.46. The zero-order chi connectivity index (χ0) is 15.5. The lowest BCUT2D eigenvalue weighted by Gasteiger charge is -1.98. The lowest BCUT2D eigenvalue weighted by Crippen LogP contribution is -2.02. The lowest BCUT2D eigenvalue weighted by molar-refractivity contribution is -0.384. The van der Waals surface area contributed by atoms with Gasteiger partial charge in [-0.2, -0.15) is 0 Å². The number of benzene rings is 1. The van der Waals surface area contributed by atoms with E-state index >= 15 is 0 Å². The maximum Gasteiger partial charge on any atom is 0.342 e. The second kappa shape index (κ2) is 9.26. The summed E-state index contributed by atoms with van der Waals surface area (Å²) in [5, 5.41) is 10.4. The minimum atomic E-state index is -0.731. The molecule has 108 valence electrons. The van der Waals surface area contributed by atoms with Crippen molar-refractivity contribution in [1.82, 2.24) is 0 Å². The molecule has 0 aliphatic rings. The highest BCUT2D eigenvalue weighted by Crippen LogP contribution is 2.12. The van der Waals surface area contributed by atoms with Gasteiger partial charge in [-0.15, -0.1) is 0 Å². The fraction of sp³-hybridized carbons (Fsp3) is 0.231. The Morgan fingerprint density at radius 2 is 1.75 bits per heavy atom. The van der Waals surface area contributed by atoms with Crippen LogP contribution in [0.15, 0.2) is 36.6 Å². The standard InChI is InChI=1S/C11H9NO6.C2H6/c1-17-10(13)6-7-18-11(14)8-2-4-9(5-3-8)12(15)16;1-2/h2-7H,1H3;1-2H3/b7-6+;. The largest absolute Gasteiger partial charge is 0.466 e. The van der Waals surface area contributed by atoms with E-state index in [4.69, 9.17) is 0 Å². The van der Waals surface area contributed by atoms with Crippen molar-refractivity contribution in [1.29, 1.82) is 0 Å². The Morgan fingerprint density at radius 3 is 2.20 bits per heavy atom. The Labute approximate surface area is 116 Å². The molecule has 0 fully saturated rings. The molecule has 0 radical (unpaired) electrons.